The average molecular weight is 421 g/mol. The molecule has 2 aromatic heterocycles. The first-order valence-corrected chi connectivity index (χ1v) is 11.0. The molecule has 1 fully saturated rings. The van der Waals surface area contributed by atoms with Crippen molar-refractivity contribution in [2.75, 3.05) is 19.6 Å². The second kappa shape index (κ2) is 9.17. The van der Waals surface area contributed by atoms with Crippen LogP contribution in [-0.2, 0) is 11.2 Å². The van der Waals surface area contributed by atoms with Gasteiger partial charge in [-0.15, -0.1) is 11.3 Å². The highest BCUT2D eigenvalue weighted by Gasteiger charge is 2.37. The minimum atomic E-state index is -0.535. The zero-order valence-electron chi connectivity index (χ0n) is 16.9. The largest absolute Gasteiger partial charge is 0.339 e. The summed E-state index contributed by atoms with van der Waals surface area (Å²) >= 11 is 1.70. The van der Waals surface area contributed by atoms with Crippen LogP contribution in [0.25, 0.3) is 10.4 Å². The Morgan fingerprint density at radius 2 is 2.00 bits per heavy atom. The lowest BCUT2D eigenvalue weighted by molar-refractivity contribution is -0.140. The molecule has 2 amide bonds. The fraction of sp³-hybridized carbons (Fsp3) is 0.304. The summed E-state index contributed by atoms with van der Waals surface area (Å²) < 4.78 is 0. The molecule has 0 aliphatic carbocycles. The van der Waals surface area contributed by atoms with Crippen molar-refractivity contribution in [2.24, 2.45) is 0 Å². The van der Waals surface area contributed by atoms with E-state index in [1.807, 2.05) is 23.1 Å². The molecule has 6 nitrogen and oxygen atoms in total. The van der Waals surface area contributed by atoms with E-state index in [2.05, 4.69) is 40.5 Å². The molecule has 1 aromatic carbocycles. The second-order valence-electron chi connectivity index (χ2n) is 7.31. The van der Waals surface area contributed by atoms with E-state index in [0.29, 0.717) is 26.1 Å². The molecular formula is C23H24N4O2S. The Balaban J connectivity index is 1.58. The Hall–Kier alpha value is -3.06. The van der Waals surface area contributed by atoms with Crippen LogP contribution in [0.15, 0.2) is 60.4 Å². The zero-order valence-corrected chi connectivity index (χ0v) is 17.7. The van der Waals surface area contributed by atoms with Crippen molar-refractivity contribution in [2.45, 2.75) is 25.8 Å². The molecular weight excluding hydrogens is 396 g/mol. The molecule has 3 heterocycles. The van der Waals surface area contributed by atoms with Gasteiger partial charge in [0.05, 0.1) is 6.20 Å². The number of hydrogen-bond donors (Lipinski definition) is 0. The van der Waals surface area contributed by atoms with Crippen LogP contribution in [0.1, 0.15) is 29.4 Å². The van der Waals surface area contributed by atoms with Crippen LogP contribution >= 0.6 is 11.3 Å². The molecule has 0 spiro atoms. The van der Waals surface area contributed by atoms with E-state index < -0.39 is 6.04 Å². The van der Waals surface area contributed by atoms with Crippen molar-refractivity contribution in [3.8, 4) is 10.4 Å². The topological polar surface area (TPSA) is 66.4 Å². The maximum atomic E-state index is 13.2. The summed E-state index contributed by atoms with van der Waals surface area (Å²) in [5, 5.41) is 2.06. The molecule has 1 atom stereocenters. The van der Waals surface area contributed by atoms with E-state index in [9.17, 15) is 9.59 Å². The van der Waals surface area contributed by atoms with Crippen molar-refractivity contribution < 1.29 is 9.59 Å². The molecule has 1 unspecified atom stereocenters. The smallest absolute Gasteiger partial charge is 0.274 e. The number of aromatic nitrogens is 2. The molecule has 0 bridgehead atoms. The summed E-state index contributed by atoms with van der Waals surface area (Å²) in [6, 6.07) is 11.8. The minimum Gasteiger partial charge on any atom is -0.339 e. The average Bonchev–Trinajstić information content (AvgIpc) is 3.32. The number of carbonyl (C=O) groups excluding carboxylic acids is 2. The predicted molar refractivity (Wildman–Crippen MR) is 117 cm³/mol. The third-order valence-electron chi connectivity index (χ3n) is 5.31. The van der Waals surface area contributed by atoms with Crippen LogP contribution in [0, 0.1) is 0 Å². The van der Waals surface area contributed by atoms with Crippen LogP contribution < -0.4 is 0 Å². The number of benzene rings is 1. The predicted octanol–water partition coefficient (Wildman–Crippen LogP) is 3.51. The first-order valence-electron chi connectivity index (χ1n) is 10.2. The standard InChI is InChI=1S/C23H24N4O2S/c1-2-11-26-12-13-27(22(28)19-16-24-9-10-25-19)20(23(26)29)15-17-5-7-18(8-6-17)21-4-3-14-30-21/h3-10,14,16,20H,2,11-13,15H2,1H3. The van der Waals surface area contributed by atoms with Gasteiger partial charge in [0.15, 0.2) is 0 Å². The first kappa shape index (κ1) is 20.2. The van der Waals surface area contributed by atoms with Crippen molar-refractivity contribution in [3.63, 3.8) is 0 Å². The maximum Gasteiger partial charge on any atom is 0.274 e. The maximum absolute atomic E-state index is 13.2. The first-order chi connectivity index (χ1) is 14.7. The summed E-state index contributed by atoms with van der Waals surface area (Å²) in [4.78, 5) is 39.2. The van der Waals surface area contributed by atoms with Crippen LogP contribution in [0.3, 0.4) is 0 Å². The van der Waals surface area contributed by atoms with Gasteiger partial charge < -0.3 is 9.80 Å². The van der Waals surface area contributed by atoms with E-state index in [0.717, 1.165) is 17.5 Å². The molecule has 0 N–H and O–H groups in total. The molecule has 1 saturated heterocycles. The summed E-state index contributed by atoms with van der Waals surface area (Å²) in [5.74, 6) is -0.240. The van der Waals surface area contributed by atoms with Gasteiger partial charge in [-0.3, -0.25) is 14.6 Å². The Morgan fingerprint density at radius 1 is 1.17 bits per heavy atom. The monoisotopic (exact) mass is 420 g/mol. The molecule has 0 saturated carbocycles. The highest BCUT2D eigenvalue weighted by Crippen LogP contribution is 2.26. The number of hydrogen-bond acceptors (Lipinski definition) is 5. The number of thiophene rings is 1. The highest BCUT2D eigenvalue weighted by atomic mass is 32.1. The molecule has 30 heavy (non-hydrogen) atoms. The van der Waals surface area contributed by atoms with Crippen LogP contribution in [-0.4, -0.2) is 57.3 Å². The van der Waals surface area contributed by atoms with E-state index in [4.69, 9.17) is 0 Å². The summed E-state index contributed by atoms with van der Waals surface area (Å²) in [6.45, 7) is 3.81. The van der Waals surface area contributed by atoms with Gasteiger partial charge in [-0.2, -0.15) is 0 Å². The number of amides is 2. The van der Waals surface area contributed by atoms with E-state index >= 15 is 0 Å². The fourth-order valence-electron chi connectivity index (χ4n) is 3.80. The quantitative estimate of drug-likeness (QED) is 0.612. The van der Waals surface area contributed by atoms with Gasteiger partial charge >= 0.3 is 0 Å². The molecule has 3 aromatic rings. The summed E-state index contributed by atoms with van der Waals surface area (Å²) in [7, 11) is 0. The summed E-state index contributed by atoms with van der Waals surface area (Å²) in [5.41, 5.74) is 2.46. The number of rotatable bonds is 6. The summed E-state index contributed by atoms with van der Waals surface area (Å²) in [6.07, 6.45) is 5.87. The van der Waals surface area contributed by atoms with Crippen LogP contribution in [0.5, 0.6) is 0 Å². The van der Waals surface area contributed by atoms with Gasteiger partial charge in [-0.05, 0) is 29.0 Å². The Morgan fingerprint density at radius 3 is 2.67 bits per heavy atom. The minimum absolute atomic E-state index is 0.00248. The van der Waals surface area contributed by atoms with Crippen molar-refractivity contribution in [1.29, 1.82) is 0 Å². The van der Waals surface area contributed by atoms with Crippen molar-refractivity contribution in [1.82, 2.24) is 19.8 Å². The van der Waals surface area contributed by atoms with E-state index in [1.165, 1.54) is 23.5 Å². The fourth-order valence-corrected chi connectivity index (χ4v) is 4.53. The number of carbonyl (C=O) groups is 2. The van der Waals surface area contributed by atoms with Gasteiger partial charge in [-0.25, -0.2) is 4.98 Å². The van der Waals surface area contributed by atoms with Crippen molar-refractivity contribution in [3.05, 3.63) is 71.6 Å². The molecule has 1 aliphatic heterocycles. The number of nitrogens with zero attached hydrogens (tertiary/aromatic N) is 4. The van der Waals surface area contributed by atoms with E-state index in [-0.39, 0.29) is 17.5 Å². The molecule has 1 aliphatic rings. The lowest BCUT2D eigenvalue weighted by Crippen LogP contribution is -2.59. The Bertz CT molecular complexity index is 990. The van der Waals surface area contributed by atoms with Gasteiger partial charge in [0.1, 0.15) is 11.7 Å². The van der Waals surface area contributed by atoms with Gasteiger partial charge in [0.25, 0.3) is 5.91 Å². The highest BCUT2D eigenvalue weighted by molar-refractivity contribution is 7.13. The lowest BCUT2D eigenvalue weighted by atomic mass is 9.99. The molecule has 0 radical (unpaired) electrons. The molecule has 4 rings (SSSR count). The normalized spacial score (nSPS) is 16.7. The molecule has 7 heteroatoms. The Labute approximate surface area is 180 Å². The SMILES string of the molecule is CCCN1CCN(C(=O)c2cnccn2)C(Cc2ccc(-c3cccs3)cc2)C1=O. The van der Waals surface area contributed by atoms with E-state index in [1.54, 1.807) is 16.2 Å². The third-order valence-corrected chi connectivity index (χ3v) is 6.23. The second-order valence-corrected chi connectivity index (χ2v) is 8.26. The Kier molecular flexibility index (Phi) is 6.18. The number of piperazine rings is 1. The third kappa shape index (κ3) is 4.26. The van der Waals surface area contributed by atoms with Gasteiger partial charge in [0.2, 0.25) is 5.91 Å². The zero-order chi connectivity index (χ0) is 20.9. The van der Waals surface area contributed by atoms with Gasteiger partial charge in [-0.1, -0.05) is 37.3 Å². The van der Waals surface area contributed by atoms with Crippen molar-refractivity contribution >= 4 is 23.2 Å². The lowest BCUT2D eigenvalue weighted by Gasteiger charge is -2.40. The van der Waals surface area contributed by atoms with Crippen LogP contribution in [0.4, 0.5) is 0 Å². The van der Waals surface area contributed by atoms with Crippen LogP contribution in [0.2, 0.25) is 0 Å². The van der Waals surface area contributed by atoms with Gasteiger partial charge in [0, 0.05) is 43.3 Å². The molecule has 154 valence electrons.